The smallest absolute Gasteiger partial charge is 0.287 e. The molecule has 1 aliphatic heterocycles. The summed E-state index contributed by atoms with van der Waals surface area (Å²) in [6.07, 6.45) is 3.64. The molecule has 4 nitrogen and oxygen atoms in total. The van der Waals surface area contributed by atoms with E-state index < -0.39 is 0 Å². The van der Waals surface area contributed by atoms with Crippen LogP contribution in [0.3, 0.4) is 0 Å². The van der Waals surface area contributed by atoms with Crippen molar-refractivity contribution in [2.24, 2.45) is 5.92 Å². The fourth-order valence-electron chi connectivity index (χ4n) is 3.87. The number of hydrogen-bond donors (Lipinski definition) is 1. The highest BCUT2D eigenvalue weighted by molar-refractivity contribution is 5.96. The predicted octanol–water partition coefficient (Wildman–Crippen LogP) is 4.12. The van der Waals surface area contributed by atoms with Crippen LogP contribution >= 0.6 is 0 Å². The first kappa shape index (κ1) is 17.8. The van der Waals surface area contributed by atoms with Gasteiger partial charge in [0.25, 0.3) is 5.91 Å². The van der Waals surface area contributed by atoms with E-state index in [4.69, 9.17) is 4.42 Å². The maximum Gasteiger partial charge on any atom is 0.287 e. The first-order valence-electron chi connectivity index (χ1n) is 9.81. The normalized spacial score (nSPS) is 15.9. The third-order valence-electron chi connectivity index (χ3n) is 5.44. The Balaban J connectivity index is 1.19. The van der Waals surface area contributed by atoms with Crippen LogP contribution in [-0.2, 0) is 6.42 Å². The van der Waals surface area contributed by atoms with Crippen LogP contribution in [0.5, 0.6) is 0 Å². The van der Waals surface area contributed by atoms with Gasteiger partial charge in [0.05, 0.1) is 0 Å². The number of rotatable bonds is 6. The van der Waals surface area contributed by atoms with Crippen LogP contribution in [0.4, 0.5) is 0 Å². The summed E-state index contributed by atoms with van der Waals surface area (Å²) in [5.41, 5.74) is 2.19. The number of fused-ring (bicyclic) bond motifs is 1. The lowest BCUT2D eigenvalue weighted by molar-refractivity contribution is 0.0918. The minimum absolute atomic E-state index is 0.134. The van der Waals surface area contributed by atoms with E-state index in [1.54, 1.807) is 6.07 Å². The van der Waals surface area contributed by atoms with E-state index in [2.05, 4.69) is 40.5 Å². The molecule has 1 saturated heterocycles. The van der Waals surface area contributed by atoms with E-state index in [1.807, 2.05) is 24.3 Å². The van der Waals surface area contributed by atoms with E-state index in [0.29, 0.717) is 12.3 Å². The average molecular weight is 362 g/mol. The van der Waals surface area contributed by atoms with Crippen LogP contribution in [-0.4, -0.2) is 37.0 Å². The maximum absolute atomic E-state index is 12.3. The summed E-state index contributed by atoms with van der Waals surface area (Å²) < 4.78 is 5.62. The molecule has 0 unspecified atom stereocenters. The van der Waals surface area contributed by atoms with Gasteiger partial charge in [-0.05, 0) is 56.0 Å². The molecule has 1 aliphatic rings. The summed E-state index contributed by atoms with van der Waals surface area (Å²) >= 11 is 0. The number of benzene rings is 2. The van der Waals surface area contributed by atoms with E-state index in [1.165, 1.54) is 24.8 Å². The molecule has 1 fully saturated rings. The maximum atomic E-state index is 12.3. The number of carbonyl (C=O) groups is 1. The monoisotopic (exact) mass is 362 g/mol. The number of amides is 1. The molecule has 0 saturated carbocycles. The minimum atomic E-state index is -0.134. The average Bonchev–Trinajstić information content (AvgIpc) is 3.14. The zero-order valence-corrected chi connectivity index (χ0v) is 15.6. The molecule has 2 aromatic carbocycles. The van der Waals surface area contributed by atoms with Crippen molar-refractivity contribution in [2.45, 2.75) is 19.3 Å². The molecule has 27 heavy (non-hydrogen) atoms. The molecule has 4 rings (SSSR count). The molecule has 0 bridgehead atoms. The van der Waals surface area contributed by atoms with Gasteiger partial charge >= 0.3 is 0 Å². The molecule has 1 aromatic heterocycles. The van der Waals surface area contributed by atoms with Crippen LogP contribution in [0.15, 0.2) is 65.1 Å². The lowest BCUT2D eigenvalue weighted by Gasteiger charge is -2.32. The van der Waals surface area contributed by atoms with Crippen molar-refractivity contribution in [3.8, 4) is 0 Å². The molecule has 1 N–H and O–H groups in total. The summed E-state index contributed by atoms with van der Waals surface area (Å²) in [7, 11) is 0. The first-order chi connectivity index (χ1) is 13.3. The van der Waals surface area contributed by atoms with Gasteiger partial charge in [-0.3, -0.25) is 4.79 Å². The molecular formula is C23H26N2O2. The Labute approximate surface area is 160 Å². The van der Waals surface area contributed by atoms with Gasteiger partial charge in [-0.15, -0.1) is 0 Å². The highest BCUT2D eigenvalue weighted by Crippen LogP contribution is 2.21. The van der Waals surface area contributed by atoms with Crippen LogP contribution < -0.4 is 5.32 Å². The van der Waals surface area contributed by atoms with Gasteiger partial charge in [0, 0.05) is 18.5 Å². The van der Waals surface area contributed by atoms with Crippen LogP contribution in [0, 0.1) is 5.92 Å². The van der Waals surface area contributed by atoms with Crippen molar-refractivity contribution in [2.75, 3.05) is 26.2 Å². The van der Waals surface area contributed by atoms with Gasteiger partial charge in [0.1, 0.15) is 5.58 Å². The van der Waals surface area contributed by atoms with Crippen LogP contribution in [0.1, 0.15) is 29.0 Å². The number of para-hydroxylation sites is 1. The fraction of sp³-hybridized carbons (Fsp3) is 0.348. The van der Waals surface area contributed by atoms with Gasteiger partial charge in [-0.2, -0.15) is 0 Å². The van der Waals surface area contributed by atoms with E-state index in [-0.39, 0.29) is 5.91 Å². The summed E-state index contributed by atoms with van der Waals surface area (Å²) in [4.78, 5) is 14.7. The molecule has 0 aliphatic carbocycles. The Morgan fingerprint density at radius 3 is 2.56 bits per heavy atom. The summed E-state index contributed by atoms with van der Waals surface area (Å²) in [5.74, 6) is 1.02. The Morgan fingerprint density at radius 1 is 1.04 bits per heavy atom. The SMILES string of the molecule is O=C(NCCN1CCC(Cc2ccccc2)CC1)c1cc2ccccc2o1. The predicted molar refractivity (Wildman–Crippen MR) is 108 cm³/mol. The number of likely N-dealkylation sites (tertiary alicyclic amines) is 1. The number of nitrogens with zero attached hydrogens (tertiary/aromatic N) is 1. The van der Waals surface area contributed by atoms with E-state index in [9.17, 15) is 4.79 Å². The number of nitrogens with one attached hydrogen (secondary N) is 1. The lowest BCUT2D eigenvalue weighted by atomic mass is 9.90. The van der Waals surface area contributed by atoms with E-state index >= 15 is 0 Å². The van der Waals surface area contributed by atoms with Gasteiger partial charge < -0.3 is 14.6 Å². The molecule has 0 spiro atoms. The summed E-state index contributed by atoms with van der Waals surface area (Å²) in [6.45, 7) is 3.76. The van der Waals surface area contributed by atoms with Crippen LogP contribution in [0.25, 0.3) is 11.0 Å². The zero-order chi connectivity index (χ0) is 18.5. The van der Waals surface area contributed by atoms with E-state index in [0.717, 1.165) is 36.5 Å². The lowest BCUT2D eigenvalue weighted by Crippen LogP contribution is -2.39. The Morgan fingerprint density at radius 2 is 1.78 bits per heavy atom. The number of furan rings is 1. The highest BCUT2D eigenvalue weighted by Gasteiger charge is 2.19. The third kappa shape index (κ3) is 4.58. The molecule has 0 radical (unpaired) electrons. The van der Waals surface area contributed by atoms with Crippen molar-refractivity contribution in [1.29, 1.82) is 0 Å². The summed E-state index contributed by atoms with van der Waals surface area (Å²) in [5, 5.41) is 3.95. The quantitative estimate of drug-likeness (QED) is 0.717. The van der Waals surface area contributed by atoms with Crippen molar-refractivity contribution < 1.29 is 9.21 Å². The summed E-state index contributed by atoms with van der Waals surface area (Å²) in [6, 6.07) is 20.3. The second-order valence-electron chi connectivity index (χ2n) is 7.38. The Hall–Kier alpha value is -2.59. The number of piperidine rings is 1. The fourth-order valence-corrected chi connectivity index (χ4v) is 3.87. The van der Waals surface area contributed by atoms with Crippen LogP contribution in [0.2, 0.25) is 0 Å². The Bertz CT molecular complexity index is 847. The molecule has 1 amide bonds. The van der Waals surface area contributed by atoms with Crippen molar-refractivity contribution in [3.63, 3.8) is 0 Å². The van der Waals surface area contributed by atoms with Crippen molar-refractivity contribution >= 4 is 16.9 Å². The van der Waals surface area contributed by atoms with Gasteiger partial charge in [-0.25, -0.2) is 0 Å². The first-order valence-corrected chi connectivity index (χ1v) is 9.81. The molecule has 0 atom stereocenters. The Kier molecular flexibility index (Phi) is 5.54. The highest BCUT2D eigenvalue weighted by atomic mass is 16.3. The number of carbonyl (C=O) groups excluding carboxylic acids is 1. The molecular weight excluding hydrogens is 336 g/mol. The molecule has 140 valence electrons. The minimum Gasteiger partial charge on any atom is -0.451 e. The number of hydrogen-bond acceptors (Lipinski definition) is 3. The largest absolute Gasteiger partial charge is 0.451 e. The van der Waals surface area contributed by atoms with Crippen molar-refractivity contribution in [1.82, 2.24) is 10.2 Å². The topological polar surface area (TPSA) is 45.5 Å². The van der Waals surface area contributed by atoms with Gasteiger partial charge in [0.15, 0.2) is 5.76 Å². The molecule has 4 heteroatoms. The second kappa shape index (κ2) is 8.40. The standard InChI is InChI=1S/C23H26N2O2/c26-23(22-17-20-8-4-5-9-21(20)27-22)24-12-15-25-13-10-19(11-14-25)16-18-6-2-1-3-7-18/h1-9,17,19H,10-16H2,(H,24,26). The second-order valence-corrected chi connectivity index (χ2v) is 7.38. The third-order valence-corrected chi connectivity index (χ3v) is 5.44. The zero-order valence-electron chi connectivity index (χ0n) is 15.6. The van der Waals surface area contributed by atoms with Gasteiger partial charge in [0.2, 0.25) is 0 Å². The van der Waals surface area contributed by atoms with Gasteiger partial charge in [-0.1, -0.05) is 48.5 Å². The molecule has 3 aromatic rings. The molecule has 2 heterocycles. The van der Waals surface area contributed by atoms with Crippen molar-refractivity contribution in [3.05, 3.63) is 72.0 Å².